The van der Waals surface area contributed by atoms with Crippen LogP contribution in [-0.2, 0) is 4.74 Å². The Morgan fingerprint density at radius 1 is 1.15 bits per heavy atom. The van der Waals surface area contributed by atoms with Crippen molar-refractivity contribution in [3.63, 3.8) is 0 Å². The van der Waals surface area contributed by atoms with Crippen LogP contribution in [0.2, 0.25) is 0 Å². The summed E-state index contributed by atoms with van der Waals surface area (Å²) in [5.74, 6) is 2.23. The zero-order chi connectivity index (χ0) is 18.6. The predicted molar refractivity (Wildman–Crippen MR) is 111 cm³/mol. The molecule has 3 unspecified atom stereocenters. The van der Waals surface area contributed by atoms with Crippen molar-refractivity contribution in [1.82, 2.24) is 9.80 Å². The molecule has 27 heavy (non-hydrogen) atoms. The number of allylic oxidation sites excluding steroid dienone is 2. The van der Waals surface area contributed by atoms with E-state index in [-0.39, 0.29) is 5.91 Å². The molecule has 146 valence electrons. The summed E-state index contributed by atoms with van der Waals surface area (Å²) < 4.78 is 6.44. The number of rotatable bonds is 7. The third-order valence-corrected chi connectivity index (χ3v) is 6.78. The summed E-state index contributed by atoms with van der Waals surface area (Å²) in [5, 5.41) is 0. The molecule has 0 aromatic heterocycles. The smallest absolute Gasteiger partial charge is 0.253 e. The minimum absolute atomic E-state index is 0.177. The average molecular weight is 433 g/mol. The van der Waals surface area contributed by atoms with E-state index in [2.05, 4.69) is 37.9 Å². The second kappa shape index (κ2) is 8.89. The van der Waals surface area contributed by atoms with Gasteiger partial charge in [-0.15, -0.1) is 0 Å². The number of hydrogen-bond acceptors (Lipinski definition) is 3. The molecule has 1 aliphatic heterocycles. The van der Waals surface area contributed by atoms with Gasteiger partial charge in [-0.2, -0.15) is 0 Å². The van der Waals surface area contributed by atoms with Crippen molar-refractivity contribution in [3.8, 4) is 0 Å². The Morgan fingerprint density at radius 3 is 2.59 bits per heavy atom. The molecule has 2 bridgehead atoms. The molecule has 1 saturated carbocycles. The summed E-state index contributed by atoms with van der Waals surface area (Å²) in [4.78, 5) is 17.8. The highest BCUT2D eigenvalue weighted by Crippen LogP contribution is 2.43. The minimum Gasteiger partial charge on any atom is -0.379 e. The lowest BCUT2D eigenvalue weighted by Crippen LogP contribution is -2.40. The molecule has 0 spiro atoms. The van der Waals surface area contributed by atoms with Crippen molar-refractivity contribution in [3.05, 3.63) is 46.5 Å². The van der Waals surface area contributed by atoms with Crippen LogP contribution in [0.4, 0.5) is 0 Å². The number of carbonyl (C=O) groups is 1. The van der Waals surface area contributed by atoms with Gasteiger partial charge < -0.3 is 9.64 Å². The fourth-order valence-electron chi connectivity index (χ4n) is 4.75. The highest BCUT2D eigenvalue weighted by molar-refractivity contribution is 9.10. The molecule has 4 nitrogen and oxygen atoms in total. The number of fused-ring (bicyclic) bond motifs is 2. The number of halogens is 1. The van der Waals surface area contributed by atoms with Gasteiger partial charge in [-0.1, -0.05) is 28.1 Å². The zero-order valence-corrected chi connectivity index (χ0v) is 17.4. The van der Waals surface area contributed by atoms with Gasteiger partial charge in [0.05, 0.1) is 13.2 Å². The van der Waals surface area contributed by atoms with E-state index in [9.17, 15) is 4.79 Å². The summed E-state index contributed by atoms with van der Waals surface area (Å²) in [7, 11) is 0. The van der Waals surface area contributed by atoms with Crippen molar-refractivity contribution < 1.29 is 9.53 Å². The topological polar surface area (TPSA) is 32.8 Å². The van der Waals surface area contributed by atoms with Crippen LogP contribution >= 0.6 is 15.9 Å². The third-order valence-electron chi connectivity index (χ3n) is 6.26. The lowest BCUT2D eigenvalue weighted by Gasteiger charge is -2.31. The van der Waals surface area contributed by atoms with Crippen LogP contribution in [0, 0.1) is 17.8 Å². The van der Waals surface area contributed by atoms with E-state index >= 15 is 0 Å². The molecular formula is C22H29BrN2O2. The number of morpholine rings is 1. The van der Waals surface area contributed by atoms with Gasteiger partial charge in [-0.25, -0.2) is 0 Å². The maximum absolute atomic E-state index is 13.2. The molecule has 2 aliphatic carbocycles. The Labute approximate surface area is 170 Å². The summed E-state index contributed by atoms with van der Waals surface area (Å²) in [6.07, 6.45) is 8.32. The van der Waals surface area contributed by atoms with E-state index in [1.807, 2.05) is 24.3 Å². The molecule has 4 rings (SSSR count). The Bertz CT molecular complexity index is 669. The monoisotopic (exact) mass is 432 g/mol. The number of nitrogens with zero attached hydrogens (tertiary/aromatic N) is 2. The van der Waals surface area contributed by atoms with Gasteiger partial charge in [0.1, 0.15) is 0 Å². The molecule has 1 amide bonds. The van der Waals surface area contributed by atoms with Crippen LogP contribution in [0.3, 0.4) is 0 Å². The average Bonchev–Trinajstić information content (AvgIpc) is 3.31. The molecule has 3 atom stereocenters. The van der Waals surface area contributed by atoms with E-state index in [1.54, 1.807) is 0 Å². The van der Waals surface area contributed by atoms with Crippen molar-refractivity contribution in [2.24, 2.45) is 17.8 Å². The molecule has 1 heterocycles. The molecule has 1 aromatic carbocycles. The number of ether oxygens (including phenoxy) is 1. The van der Waals surface area contributed by atoms with Crippen LogP contribution in [0.1, 0.15) is 29.6 Å². The Morgan fingerprint density at radius 2 is 1.93 bits per heavy atom. The second-order valence-electron chi connectivity index (χ2n) is 8.11. The summed E-state index contributed by atoms with van der Waals surface area (Å²) in [6.45, 7) is 6.46. The van der Waals surface area contributed by atoms with Gasteiger partial charge in [0, 0.05) is 42.8 Å². The fraction of sp³-hybridized carbons (Fsp3) is 0.591. The second-order valence-corrected chi connectivity index (χ2v) is 9.02. The van der Waals surface area contributed by atoms with E-state index in [0.717, 1.165) is 68.3 Å². The molecular weight excluding hydrogens is 404 g/mol. The van der Waals surface area contributed by atoms with Crippen LogP contribution in [0.25, 0.3) is 0 Å². The maximum Gasteiger partial charge on any atom is 0.253 e. The Balaban J connectivity index is 1.38. The maximum atomic E-state index is 13.2. The van der Waals surface area contributed by atoms with E-state index < -0.39 is 0 Å². The largest absolute Gasteiger partial charge is 0.379 e. The van der Waals surface area contributed by atoms with E-state index in [4.69, 9.17) is 4.74 Å². The van der Waals surface area contributed by atoms with E-state index in [1.165, 1.54) is 12.8 Å². The number of hydrogen-bond donors (Lipinski definition) is 0. The molecule has 1 saturated heterocycles. The van der Waals surface area contributed by atoms with Gasteiger partial charge in [0.25, 0.3) is 5.91 Å². The van der Waals surface area contributed by atoms with Gasteiger partial charge >= 0.3 is 0 Å². The number of carbonyl (C=O) groups excluding carboxylic acids is 1. The van der Waals surface area contributed by atoms with Crippen LogP contribution in [0.15, 0.2) is 40.9 Å². The fourth-order valence-corrected chi connectivity index (χ4v) is 5.01. The number of benzene rings is 1. The molecule has 5 heteroatoms. The van der Waals surface area contributed by atoms with Crippen molar-refractivity contribution in [1.29, 1.82) is 0 Å². The quantitative estimate of drug-likeness (QED) is 0.613. The third kappa shape index (κ3) is 4.82. The van der Waals surface area contributed by atoms with Crippen LogP contribution in [0.5, 0.6) is 0 Å². The lowest BCUT2D eigenvalue weighted by molar-refractivity contribution is 0.0353. The Hall–Kier alpha value is -1.17. The highest BCUT2D eigenvalue weighted by atomic mass is 79.9. The molecule has 0 radical (unpaired) electrons. The summed E-state index contributed by atoms with van der Waals surface area (Å²) in [6, 6.07) is 7.78. The standard InChI is InChI=1S/C22H29BrN2O2/c23-21-6-4-18(5-7-21)22(26)25(9-1-8-24-10-12-27-13-11-24)16-20-15-17-2-3-19(20)14-17/h2-7,17,19-20H,1,8-16H2. The SMILES string of the molecule is O=C(c1ccc(Br)cc1)N(CCCN1CCOCC1)CC1CC2C=CC1C2. The first kappa shape index (κ1) is 19.2. The molecule has 3 aliphatic rings. The van der Waals surface area contributed by atoms with Gasteiger partial charge in [-0.3, -0.25) is 9.69 Å². The number of amides is 1. The predicted octanol–water partition coefficient (Wildman–Crippen LogP) is 3.83. The van der Waals surface area contributed by atoms with Crippen LogP contribution < -0.4 is 0 Å². The summed E-state index contributed by atoms with van der Waals surface area (Å²) >= 11 is 3.46. The molecule has 0 N–H and O–H groups in total. The van der Waals surface area contributed by atoms with E-state index in [0.29, 0.717) is 11.8 Å². The Kier molecular flexibility index (Phi) is 6.31. The normalized spacial score (nSPS) is 27.2. The van der Waals surface area contributed by atoms with Gasteiger partial charge in [0.15, 0.2) is 0 Å². The first-order valence-corrected chi connectivity index (χ1v) is 11.0. The van der Waals surface area contributed by atoms with Gasteiger partial charge in [-0.05, 0) is 61.3 Å². The lowest BCUT2D eigenvalue weighted by atomic mass is 9.93. The van der Waals surface area contributed by atoms with Crippen LogP contribution in [-0.4, -0.2) is 61.6 Å². The van der Waals surface area contributed by atoms with Crippen molar-refractivity contribution in [2.45, 2.75) is 19.3 Å². The summed E-state index contributed by atoms with van der Waals surface area (Å²) in [5.41, 5.74) is 0.795. The first-order valence-electron chi connectivity index (χ1n) is 10.2. The van der Waals surface area contributed by atoms with Crippen molar-refractivity contribution in [2.75, 3.05) is 45.9 Å². The zero-order valence-electron chi connectivity index (χ0n) is 15.9. The van der Waals surface area contributed by atoms with Gasteiger partial charge in [0.2, 0.25) is 0 Å². The van der Waals surface area contributed by atoms with Crippen molar-refractivity contribution >= 4 is 21.8 Å². The minimum atomic E-state index is 0.177. The highest BCUT2D eigenvalue weighted by Gasteiger charge is 2.37. The first-order chi connectivity index (χ1) is 13.2. The molecule has 1 aromatic rings. The molecule has 2 fully saturated rings.